The zero-order valence-electron chi connectivity index (χ0n) is 5.06. The summed E-state index contributed by atoms with van der Waals surface area (Å²) in [5.74, 6) is 0. The van der Waals surface area contributed by atoms with Crippen LogP contribution in [0.2, 0.25) is 5.02 Å². The third-order valence-electron chi connectivity index (χ3n) is 1.24. The Hall–Kier alpha value is 0.393. The fourth-order valence-corrected chi connectivity index (χ4v) is 1.84. The molecule has 0 bridgehead atoms. The molecular weight excluding hydrogens is 329 g/mol. The second kappa shape index (κ2) is 2.99. The predicted molar refractivity (Wildman–Crippen MR) is 41.6 cm³/mol. The summed E-state index contributed by atoms with van der Waals surface area (Å²) >= 11 is 7.12. The first-order valence-electron chi connectivity index (χ1n) is 2.66. The van der Waals surface area contributed by atoms with E-state index in [1.165, 1.54) is 33.6 Å². The maximum atomic E-state index is 5.83. The first-order chi connectivity index (χ1) is 4.22. The van der Waals surface area contributed by atoms with Crippen LogP contribution in [0.25, 0.3) is 0 Å². The molecular formula is C7H6BiCl. The molecule has 0 aliphatic carbocycles. The second-order valence-corrected chi connectivity index (χ2v) is 4.16. The van der Waals surface area contributed by atoms with Crippen LogP contribution in [0, 0.1) is 6.92 Å². The second-order valence-electron chi connectivity index (χ2n) is 1.88. The molecule has 0 unspecified atom stereocenters. The summed E-state index contributed by atoms with van der Waals surface area (Å²) in [7, 11) is 0. The van der Waals surface area contributed by atoms with E-state index in [-0.39, 0.29) is 0 Å². The van der Waals surface area contributed by atoms with E-state index in [4.69, 9.17) is 11.6 Å². The minimum atomic E-state index is 0.884. The van der Waals surface area contributed by atoms with E-state index in [1.54, 1.807) is 0 Å². The molecule has 9 heavy (non-hydrogen) atoms. The summed E-state index contributed by atoms with van der Waals surface area (Å²) in [6.07, 6.45) is 0. The molecule has 0 atom stereocenters. The van der Waals surface area contributed by atoms with Crippen LogP contribution >= 0.6 is 11.6 Å². The number of halogens is 1. The van der Waals surface area contributed by atoms with Crippen molar-refractivity contribution in [3.05, 3.63) is 28.8 Å². The van der Waals surface area contributed by atoms with Crippen LogP contribution in [-0.2, 0) is 0 Å². The van der Waals surface area contributed by atoms with Crippen molar-refractivity contribution in [1.82, 2.24) is 0 Å². The zero-order chi connectivity index (χ0) is 6.85. The van der Waals surface area contributed by atoms with Gasteiger partial charge in [0, 0.05) is 0 Å². The summed E-state index contributed by atoms with van der Waals surface area (Å²) in [6, 6.07) is 6.02. The fourth-order valence-electron chi connectivity index (χ4n) is 0.596. The Kier molecular flexibility index (Phi) is 2.49. The molecule has 0 aliphatic rings. The molecule has 1 rings (SSSR count). The van der Waals surface area contributed by atoms with E-state index in [0.717, 1.165) is 5.02 Å². The quantitative estimate of drug-likeness (QED) is 0.630. The average Bonchev–Trinajstić information content (AvgIpc) is 1.83. The topological polar surface area (TPSA) is 0 Å². The number of hydrogen-bond donors (Lipinski definition) is 0. The molecule has 0 heterocycles. The summed E-state index contributed by atoms with van der Waals surface area (Å²) in [4.78, 5) is 0. The van der Waals surface area contributed by atoms with Crippen LogP contribution in [0.4, 0.5) is 0 Å². The molecule has 1 aromatic rings. The number of hydrogen-bond acceptors (Lipinski definition) is 0. The van der Waals surface area contributed by atoms with Gasteiger partial charge < -0.3 is 0 Å². The van der Waals surface area contributed by atoms with Gasteiger partial charge in [0.05, 0.1) is 0 Å². The van der Waals surface area contributed by atoms with Crippen LogP contribution < -0.4 is 3.27 Å². The van der Waals surface area contributed by atoms with E-state index in [9.17, 15) is 0 Å². The van der Waals surface area contributed by atoms with Gasteiger partial charge in [0.2, 0.25) is 0 Å². The van der Waals surface area contributed by atoms with Crippen LogP contribution in [0.15, 0.2) is 18.2 Å². The monoisotopic (exact) mass is 334 g/mol. The Morgan fingerprint density at radius 2 is 2.11 bits per heavy atom. The van der Waals surface area contributed by atoms with Crippen molar-refractivity contribution >= 4 is 39.6 Å². The summed E-state index contributed by atoms with van der Waals surface area (Å²) in [6.45, 7) is 2.05. The molecule has 46 valence electrons. The van der Waals surface area contributed by atoms with Crippen molar-refractivity contribution in [3.8, 4) is 0 Å². The molecule has 2 radical (unpaired) electrons. The molecule has 0 saturated heterocycles. The van der Waals surface area contributed by atoms with E-state index < -0.39 is 0 Å². The van der Waals surface area contributed by atoms with Gasteiger partial charge in [-0.1, -0.05) is 0 Å². The third kappa shape index (κ3) is 1.66. The number of rotatable bonds is 0. The van der Waals surface area contributed by atoms with Gasteiger partial charge >= 0.3 is 75.3 Å². The van der Waals surface area contributed by atoms with E-state index >= 15 is 0 Å². The Morgan fingerprint density at radius 1 is 1.44 bits per heavy atom. The van der Waals surface area contributed by atoms with Crippen LogP contribution in [0.1, 0.15) is 5.56 Å². The Morgan fingerprint density at radius 3 is 2.56 bits per heavy atom. The van der Waals surface area contributed by atoms with Gasteiger partial charge in [-0.25, -0.2) is 0 Å². The first kappa shape index (κ1) is 7.50. The minimum absolute atomic E-state index is 0.884. The van der Waals surface area contributed by atoms with Gasteiger partial charge in [0.15, 0.2) is 0 Å². The van der Waals surface area contributed by atoms with Crippen molar-refractivity contribution in [2.45, 2.75) is 6.92 Å². The van der Waals surface area contributed by atoms with E-state index in [2.05, 4.69) is 13.0 Å². The van der Waals surface area contributed by atoms with Gasteiger partial charge in [0.1, 0.15) is 0 Å². The summed E-state index contributed by atoms with van der Waals surface area (Å²) < 4.78 is 1.36. The van der Waals surface area contributed by atoms with E-state index in [0.29, 0.717) is 0 Å². The summed E-state index contributed by atoms with van der Waals surface area (Å²) in [5, 5.41) is 0.884. The van der Waals surface area contributed by atoms with Crippen LogP contribution in [0.5, 0.6) is 0 Å². The number of benzene rings is 1. The summed E-state index contributed by atoms with van der Waals surface area (Å²) in [5.41, 5.74) is 1.23. The van der Waals surface area contributed by atoms with Gasteiger partial charge in [0.25, 0.3) is 0 Å². The van der Waals surface area contributed by atoms with Gasteiger partial charge in [-0.3, -0.25) is 0 Å². The Labute approximate surface area is 75.1 Å². The average molecular weight is 335 g/mol. The molecule has 0 fully saturated rings. The first-order valence-corrected chi connectivity index (χ1v) is 4.77. The molecule has 2 heteroatoms. The molecule has 0 saturated carbocycles. The van der Waals surface area contributed by atoms with Crippen LogP contribution in [0.3, 0.4) is 0 Å². The van der Waals surface area contributed by atoms with Crippen molar-refractivity contribution in [1.29, 1.82) is 0 Å². The van der Waals surface area contributed by atoms with Gasteiger partial charge in [-0.2, -0.15) is 0 Å². The molecule has 0 nitrogen and oxygen atoms in total. The molecule has 0 N–H and O–H groups in total. The molecule has 0 aliphatic heterocycles. The van der Waals surface area contributed by atoms with Gasteiger partial charge in [-0.05, 0) is 0 Å². The Bertz CT molecular complexity index is 200. The van der Waals surface area contributed by atoms with Crippen molar-refractivity contribution in [3.63, 3.8) is 0 Å². The fraction of sp³-hybridized carbons (Fsp3) is 0.143. The standard InChI is InChI=1S/C7H6Cl.Bi/c1-6-4-2-3-5-7(6)8;/h2-3,5H,1H3;. The molecule has 0 amide bonds. The Balaban J connectivity index is 3.25. The van der Waals surface area contributed by atoms with Crippen molar-refractivity contribution < 1.29 is 0 Å². The zero-order valence-corrected chi connectivity index (χ0v) is 9.29. The van der Waals surface area contributed by atoms with Crippen molar-refractivity contribution in [2.75, 3.05) is 0 Å². The van der Waals surface area contributed by atoms with Crippen molar-refractivity contribution in [2.24, 2.45) is 0 Å². The predicted octanol–water partition coefficient (Wildman–Crippen LogP) is 1.44. The molecule has 1 aromatic carbocycles. The third-order valence-corrected chi connectivity index (χ3v) is 3.53. The molecule has 0 spiro atoms. The SMILES string of the molecule is Cc1c(Cl)ccc[c]1[Bi]. The normalized spacial score (nSPS) is 9.67. The molecule has 0 aromatic heterocycles. The maximum absolute atomic E-state index is 5.83. The van der Waals surface area contributed by atoms with Gasteiger partial charge in [-0.15, -0.1) is 0 Å². The van der Waals surface area contributed by atoms with E-state index in [1.807, 2.05) is 12.1 Å². The van der Waals surface area contributed by atoms with Crippen LogP contribution in [-0.4, -0.2) is 24.7 Å².